The molecule has 2 aliphatic heterocycles. The maximum absolute atomic E-state index is 13.0. The molecular formula is C21H20N4O7S. The molecule has 4 rings (SSSR count). The van der Waals surface area contributed by atoms with E-state index in [1.807, 2.05) is 4.72 Å². The molecule has 0 spiro atoms. The van der Waals surface area contributed by atoms with Crippen LogP contribution < -0.4 is 20.1 Å². The van der Waals surface area contributed by atoms with Crippen LogP contribution >= 0.6 is 0 Å². The van der Waals surface area contributed by atoms with Gasteiger partial charge in [-0.3, -0.25) is 19.7 Å². The number of fused-ring (bicyclic) bond motifs is 1. The summed E-state index contributed by atoms with van der Waals surface area (Å²) in [5.74, 6) is -1.28. The fraction of sp³-hybridized carbons (Fsp3) is 0.238. The summed E-state index contributed by atoms with van der Waals surface area (Å²) in [7, 11) is -2.26. The second-order valence-corrected chi connectivity index (χ2v) is 9.53. The van der Waals surface area contributed by atoms with Gasteiger partial charge in [-0.15, -0.1) is 0 Å². The third kappa shape index (κ3) is 4.12. The molecule has 2 aromatic carbocycles. The fourth-order valence-electron chi connectivity index (χ4n) is 3.91. The summed E-state index contributed by atoms with van der Waals surface area (Å²) in [6.07, 6.45) is 0.854. The Bertz CT molecular complexity index is 1290. The summed E-state index contributed by atoms with van der Waals surface area (Å²) in [6.45, 7) is 0.0766. The molecule has 2 aliphatic rings. The lowest BCUT2D eigenvalue weighted by atomic mass is 9.88. The number of nitrogens with one attached hydrogen (secondary N) is 3. The van der Waals surface area contributed by atoms with Crippen LogP contribution in [0.15, 0.2) is 42.5 Å². The zero-order valence-corrected chi connectivity index (χ0v) is 18.5. The van der Waals surface area contributed by atoms with E-state index in [9.17, 15) is 27.6 Å². The van der Waals surface area contributed by atoms with Crippen LogP contribution in [0.5, 0.6) is 5.75 Å². The molecule has 2 heterocycles. The number of hydrogen-bond acceptors (Lipinski definition) is 7. The first-order valence-electron chi connectivity index (χ1n) is 9.75. The van der Waals surface area contributed by atoms with Crippen molar-refractivity contribution in [3.8, 4) is 5.75 Å². The van der Waals surface area contributed by atoms with Gasteiger partial charge in [0, 0.05) is 17.7 Å². The predicted molar refractivity (Wildman–Crippen MR) is 115 cm³/mol. The Morgan fingerprint density at radius 2 is 1.85 bits per heavy atom. The fourth-order valence-corrected chi connectivity index (χ4v) is 4.37. The van der Waals surface area contributed by atoms with Gasteiger partial charge in [-0.1, -0.05) is 18.2 Å². The molecule has 0 aromatic heterocycles. The molecule has 1 fully saturated rings. The van der Waals surface area contributed by atoms with Gasteiger partial charge in [-0.2, -0.15) is 0 Å². The summed E-state index contributed by atoms with van der Waals surface area (Å²) in [4.78, 5) is 51.4. The van der Waals surface area contributed by atoms with Gasteiger partial charge >= 0.3 is 6.03 Å². The molecule has 5 amide bonds. The SMILES string of the molecule is COc1ccc2c(c1)C(=O)N(C[C@@]1(c3ccc(C(=O)NS(C)(=O)=O)cc3)NC(=O)NC1=O)C2. The number of carbonyl (C=O) groups excluding carboxylic acids is 4. The van der Waals surface area contributed by atoms with E-state index < -0.39 is 33.4 Å². The zero-order chi connectivity index (χ0) is 24.0. The van der Waals surface area contributed by atoms with Crippen LogP contribution in [0.4, 0.5) is 4.79 Å². The average Bonchev–Trinajstić information content (AvgIpc) is 3.22. The number of rotatable bonds is 6. The number of methoxy groups -OCH3 is 1. The van der Waals surface area contributed by atoms with Crippen LogP contribution in [0.3, 0.4) is 0 Å². The van der Waals surface area contributed by atoms with Gasteiger partial charge in [0.1, 0.15) is 5.75 Å². The quantitative estimate of drug-likeness (QED) is 0.504. The molecule has 0 bridgehead atoms. The highest BCUT2D eigenvalue weighted by Gasteiger charge is 2.50. The molecule has 172 valence electrons. The molecule has 0 radical (unpaired) electrons. The minimum Gasteiger partial charge on any atom is -0.497 e. The third-order valence-corrected chi connectivity index (χ3v) is 6.04. The first kappa shape index (κ1) is 22.3. The molecule has 0 saturated carbocycles. The summed E-state index contributed by atoms with van der Waals surface area (Å²) in [5.41, 5.74) is -0.0237. The minimum atomic E-state index is -3.75. The number of ether oxygens (including phenoxy) is 1. The first-order chi connectivity index (χ1) is 15.5. The summed E-state index contributed by atoms with van der Waals surface area (Å²) >= 11 is 0. The lowest BCUT2D eigenvalue weighted by Crippen LogP contribution is -2.52. The second kappa shape index (κ2) is 7.89. The lowest BCUT2D eigenvalue weighted by molar-refractivity contribution is -0.124. The van der Waals surface area contributed by atoms with Crippen molar-refractivity contribution in [1.29, 1.82) is 0 Å². The molecular weight excluding hydrogens is 452 g/mol. The molecule has 3 N–H and O–H groups in total. The molecule has 0 unspecified atom stereocenters. The van der Waals surface area contributed by atoms with Crippen molar-refractivity contribution in [1.82, 2.24) is 20.3 Å². The molecule has 12 heteroatoms. The largest absolute Gasteiger partial charge is 0.497 e. The van der Waals surface area contributed by atoms with Gasteiger partial charge in [-0.05, 0) is 35.4 Å². The third-order valence-electron chi connectivity index (χ3n) is 5.48. The van der Waals surface area contributed by atoms with Crippen molar-refractivity contribution in [2.75, 3.05) is 19.9 Å². The Balaban J connectivity index is 1.65. The highest BCUT2D eigenvalue weighted by Crippen LogP contribution is 2.32. The zero-order valence-electron chi connectivity index (χ0n) is 17.7. The summed E-state index contributed by atoms with van der Waals surface area (Å²) < 4.78 is 29.6. The van der Waals surface area contributed by atoms with Gasteiger partial charge in [0.05, 0.1) is 19.9 Å². The van der Waals surface area contributed by atoms with Crippen LogP contribution in [0.2, 0.25) is 0 Å². The van der Waals surface area contributed by atoms with Crippen molar-refractivity contribution in [3.05, 3.63) is 64.7 Å². The molecule has 33 heavy (non-hydrogen) atoms. The Morgan fingerprint density at radius 1 is 1.15 bits per heavy atom. The number of nitrogens with zero attached hydrogens (tertiary/aromatic N) is 1. The van der Waals surface area contributed by atoms with Crippen molar-refractivity contribution in [2.45, 2.75) is 12.1 Å². The van der Waals surface area contributed by atoms with Crippen molar-refractivity contribution >= 4 is 33.8 Å². The van der Waals surface area contributed by atoms with E-state index >= 15 is 0 Å². The highest BCUT2D eigenvalue weighted by atomic mass is 32.2. The van der Waals surface area contributed by atoms with Gasteiger partial charge < -0.3 is 15.0 Å². The van der Waals surface area contributed by atoms with E-state index in [2.05, 4.69) is 10.6 Å². The maximum atomic E-state index is 13.0. The van der Waals surface area contributed by atoms with Crippen molar-refractivity contribution < 1.29 is 32.3 Å². The Morgan fingerprint density at radius 3 is 2.42 bits per heavy atom. The minimum absolute atomic E-state index is 0.0424. The van der Waals surface area contributed by atoms with Crippen LogP contribution in [0.25, 0.3) is 0 Å². The van der Waals surface area contributed by atoms with E-state index in [-0.39, 0.29) is 24.6 Å². The van der Waals surface area contributed by atoms with Crippen LogP contribution in [0.1, 0.15) is 31.8 Å². The molecule has 0 aliphatic carbocycles. The number of sulfonamides is 1. The number of urea groups is 1. The average molecular weight is 472 g/mol. The summed E-state index contributed by atoms with van der Waals surface area (Å²) in [5, 5.41) is 4.80. The number of benzene rings is 2. The van der Waals surface area contributed by atoms with E-state index in [0.29, 0.717) is 16.9 Å². The van der Waals surface area contributed by atoms with Gasteiger partial charge in [0.2, 0.25) is 10.0 Å². The van der Waals surface area contributed by atoms with Crippen molar-refractivity contribution in [3.63, 3.8) is 0 Å². The molecule has 11 nitrogen and oxygen atoms in total. The van der Waals surface area contributed by atoms with E-state index in [0.717, 1.165) is 11.8 Å². The van der Waals surface area contributed by atoms with Gasteiger partial charge in [-0.25, -0.2) is 17.9 Å². The number of amides is 5. The number of carbonyl (C=O) groups is 4. The van der Waals surface area contributed by atoms with Gasteiger partial charge in [0.15, 0.2) is 5.54 Å². The smallest absolute Gasteiger partial charge is 0.322 e. The van der Waals surface area contributed by atoms with E-state index in [1.54, 1.807) is 18.2 Å². The highest BCUT2D eigenvalue weighted by molar-refractivity contribution is 7.89. The Kier molecular flexibility index (Phi) is 5.32. The van der Waals surface area contributed by atoms with Crippen LogP contribution in [-0.4, -0.2) is 57.0 Å². The Hall–Kier alpha value is -3.93. The number of imide groups is 1. The van der Waals surface area contributed by atoms with E-state index in [1.165, 1.54) is 36.3 Å². The molecule has 1 saturated heterocycles. The second-order valence-electron chi connectivity index (χ2n) is 7.78. The first-order valence-corrected chi connectivity index (χ1v) is 11.6. The van der Waals surface area contributed by atoms with Crippen LogP contribution in [0, 0.1) is 0 Å². The Labute approximate surface area is 189 Å². The predicted octanol–water partition coefficient (Wildman–Crippen LogP) is 0.0753. The monoisotopic (exact) mass is 472 g/mol. The summed E-state index contributed by atoms with van der Waals surface area (Å²) in [6, 6.07) is 9.92. The van der Waals surface area contributed by atoms with Gasteiger partial charge in [0.25, 0.3) is 17.7 Å². The molecule has 1 atom stereocenters. The lowest BCUT2D eigenvalue weighted by Gasteiger charge is -2.31. The maximum Gasteiger partial charge on any atom is 0.322 e. The topological polar surface area (TPSA) is 151 Å². The van der Waals surface area contributed by atoms with Crippen molar-refractivity contribution in [2.24, 2.45) is 0 Å². The molecule has 2 aromatic rings. The van der Waals surface area contributed by atoms with E-state index in [4.69, 9.17) is 4.74 Å². The van der Waals surface area contributed by atoms with Crippen LogP contribution in [-0.2, 0) is 26.9 Å². The number of hydrogen-bond donors (Lipinski definition) is 3. The standard InChI is InChI=1S/C21H20N4O7S/c1-32-15-8-5-13-10-25(18(27)16(13)9-15)11-21(19(28)22-20(29)23-21)14-6-3-12(4-7-14)17(26)24-33(2,30)31/h3-9H,10-11H2,1-2H3,(H,24,26)(H2,22,23,28,29)/t21-/m0/s1. The normalized spacial score (nSPS) is 19.7.